The van der Waals surface area contributed by atoms with Gasteiger partial charge in [-0.25, -0.2) is 28.1 Å². The molecule has 18 nitrogen and oxygen atoms in total. The minimum Gasteiger partial charge on any atom is -0.469 e. The number of nitrogens with one attached hydrogen (secondary N) is 2. The number of benzene rings is 4. The second kappa shape index (κ2) is 26.4. The van der Waals surface area contributed by atoms with E-state index < -0.39 is 35.4 Å². The van der Waals surface area contributed by atoms with E-state index in [4.69, 9.17) is 42.0 Å². The van der Waals surface area contributed by atoms with Crippen LogP contribution in [-0.4, -0.2) is 110 Å². The van der Waals surface area contributed by atoms with Crippen LogP contribution in [0, 0.1) is 23.5 Å². The third-order valence-electron chi connectivity index (χ3n) is 14.8. The van der Waals surface area contributed by atoms with Crippen molar-refractivity contribution in [3.05, 3.63) is 159 Å². The standard InChI is InChI=1S/C26H21ClF4N6O2.C18H26BNO4.C14H7BrClF4N5/c1-39-24(38)16-7-9-36(14-16)18-4-2-3-15(11-18)19-13-32-25(33-17-5-6-21(28)20(27)12-17)34-23(19)37-10-8-22(35-37)26(29,30)31;1-17(2)18(3,4)24-19(23-17)14-7-6-8-15(11-14)20-10-9-13(12-20)16(21)22-5;15-8-6-21-13(22-7-1-2-10(17)9(16)5-7)23-12(8)25-4-3-11(24-25)14(18,19)20/h2-6,8,10-13,16H,7,9,14H2,1H3,(H,32,33,34);6-8,11,13H,9-10,12H2,1-5H3;1-6H,(H,21,22,23). The molecule has 462 valence electrons. The summed E-state index contributed by atoms with van der Waals surface area (Å²) in [6, 6.07) is 25.0. The highest BCUT2D eigenvalue weighted by molar-refractivity contribution is 9.10. The quantitative estimate of drug-likeness (QED) is 0.0667. The minimum atomic E-state index is -4.64. The number of alkyl halides is 6. The Balaban J connectivity index is 0.000000164. The van der Waals surface area contributed by atoms with Gasteiger partial charge in [0.1, 0.15) is 11.6 Å². The van der Waals surface area contributed by atoms with Gasteiger partial charge in [-0.1, -0.05) is 47.5 Å². The number of anilines is 6. The third kappa shape index (κ3) is 15.1. The molecule has 11 rings (SSSR count). The van der Waals surface area contributed by atoms with E-state index in [9.17, 15) is 44.7 Å². The molecule has 3 aliphatic heterocycles. The highest BCUT2D eigenvalue weighted by Gasteiger charge is 2.52. The Hall–Kier alpha value is -7.92. The Morgan fingerprint density at radius 1 is 0.648 bits per heavy atom. The molecule has 4 aromatic carbocycles. The number of methoxy groups -OCH3 is 2. The number of hydrogen-bond donors (Lipinski definition) is 2. The van der Waals surface area contributed by atoms with Crippen molar-refractivity contribution in [2.45, 2.75) is 64.1 Å². The maximum absolute atomic E-state index is 13.6. The van der Waals surface area contributed by atoms with E-state index in [-0.39, 0.29) is 75.7 Å². The van der Waals surface area contributed by atoms with E-state index in [1.54, 1.807) is 12.1 Å². The van der Waals surface area contributed by atoms with E-state index in [1.165, 1.54) is 57.1 Å². The molecule has 3 aliphatic rings. The van der Waals surface area contributed by atoms with E-state index >= 15 is 0 Å². The van der Waals surface area contributed by atoms with Gasteiger partial charge in [-0.2, -0.15) is 46.5 Å². The molecule has 0 bridgehead atoms. The van der Waals surface area contributed by atoms with Crippen molar-refractivity contribution in [3.8, 4) is 22.8 Å². The fourth-order valence-corrected chi connectivity index (χ4v) is 10.1. The molecular weight excluding hydrogens is 1270 g/mol. The van der Waals surface area contributed by atoms with Crippen molar-refractivity contribution >= 4 is 98.3 Å². The van der Waals surface area contributed by atoms with Crippen molar-refractivity contribution in [2.24, 2.45) is 11.8 Å². The lowest BCUT2D eigenvalue weighted by molar-refractivity contribution is -0.145. The molecule has 2 atom stereocenters. The van der Waals surface area contributed by atoms with Gasteiger partial charge in [0.25, 0.3) is 0 Å². The molecule has 4 aromatic heterocycles. The lowest BCUT2D eigenvalue weighted by atomic mass is 9.79. The van der Waals surface area contributed by atoms with Gasteiger partial charge in [-0.3, -0.25) is 9.59 Å². The second-order valence-electron chi connectivity index (χ2n) is 21.2. The van der Waals surface area contributed by atoms with Crippen LogP contribution in [0.3, 0.4) is 0 Å². The van der Waals surface area contributed by atoms with E-state index in [2.05, 4.69) is 101 Å². The summed E-state index contributed by atoms with van der Waals surface area (Å²) in [4.78, 5) is 44.8. The highest BCUT2D eigenvalue weighted by Crippen LogP contribution is 2.38. The Morgan fingerprint density at radius 2 is 1.11 bits per heavy atom. The number of carbonyl (C=O) groups excluding carboxylic acids is 2. The first kappa shape index (κ1) is 64.6. The van der Waals surface area contributed by atoms with Crippen molar-refractivity contribution < 1.29 is 63.5 Å². The van der Waals surface area contributed by atoms with Crippen molar-refractivity contribution in [2.75, 3.05) is 60.8 Å². The average Bonchev–Trinajstić information content (AvgIpc) is 1.77. The molecule has 0 radical (unpaired) electrons. The van der Waals surface area contributed by atoms with E-state index in [0.717, 1.165) is 69.6 Å². The molecule has 2 N–H and O–H groups in total. The summed E-state index contributed by atoms with van der Waals surface area (Å²) in [6.07, 6.45) is -2.62. The molecule has 3 saturated heterocycles. The van der Waals surface area contributed by atoms with Crippen LogP contribution in [-0.2, 0) is 40.7 Å². The smallest absolute Gasteiger partial charge is 0.469 e. The first-order valence-electron chi connectivity index (χ1n) is 26.9. The molecule has 0 aliphatic carbocycles. The zero-order valence-corrected chi connectivity index (χ0v) is 50.7. The van der Waals surface area contributed by atoms with Crippen LogP contribution in [0.15, 0.2) is 126 Å². The third-order valence-corrected chi connectivity index (χ3v) is 15.9. The fourth-order valence-electron chi connectivity index (χ4n) is 9.41. The molecule has 0 amide bonds. The summed E-state index contributed by atoms with van der Waals surface area (Å²) < 4.78 is 129. The number of ether oxygens (including phenoxy) is 2. The summed E-state index contributed by atoms with van der Waals surface area (Å²) in [5.41, 5.74) is 1.94. The Morgan fingerprint density at radius 3 is 1.59 bits per heavy atom. The molecular formula is C58H54BBrCl2F8N12O6. The maximum Gasteiger partial charge on any atom is 0.494 e. The molecule has 8 aromatic rings. The summed E-state index contributed by atoms with van der Waals surface area (Å²) in [5.74, 6) is -1.57. The van der Waals surface area contributed by atoms with Crippen LogP contribution in [0.4, 0.5) is 69.8 Å². The fraction of sp³-hybridized carbons (Fsp3) is 0.310. The van der Waals surface area contributed by atoms with Gasteiger partial charge >= 0.3 is 31.4 Å². The van der Waals surface area contributed by atoms with Crippen LogP contribution in [0.5, 0.6) is 0 Å². The molecule has 0 saturated carbocycles. The zero-order chi connectivity index (χ0) is 63.5. The number of rotatable bonds is 12. The van der Waals surface area contributed by atoms with Gasteiger partial charge < -0.3 is 39.2 Å². The Bertz CT molecular complexity index is 3830. The van der Waals surface area contributed by atoms with Crippen LogP contribution in [0.1, 0.15) is 51.9 Å². The SMILES string of the molecule is COC(=O)C1CCN(c2cccc(-c3cnc(Nc4ccc(F)c(Cl)c4)nc3-n3ccc(C(F)(F)F)n3)c2)C1.COC(=O)C1CCN(c2cccc(B3OC(C)(C)C(C)(C)O3)c2)C1.Fc1ccc(Nc2ncc(Br)c(-n3ccc(C(F)(F)F)n3)n2)cc1Cl. The van der Waals surface area contributed by atoms with Crippen molar-refractivity contribution in [3.63, 3.8) is 0 Å². The minimum absolute atomic E-state index is 0.0390. The van der Waals surface area contributed by atoms with E-state index in [1.807, 2.05) is 29.2 Å². The first-order chi connectivity index (χ1) is 41.6. The van der Waals surface area contributed by atoms with Gasteiger partial charge in [0.2, 0.25) is 11.9 Å². The number of nitrogens with zero attached hydrogens (tertiary/aromatic N) is 10. The molecule has 88 heavy (non-hydrogen) atoms. The van der Waals surface area contributed by atoms with Gasteiger partial charge in [-0.15, -0.1) is 0 Å². The predicted octanol–water partition coefficient (Wildman–Crippen LogP) is 12.8. The summed E-state index contributed by atoms with van der Waals surface area (Å²) in [6.45, 7) is 10.9. The Labute approximate surface area is 517 Å². The highest BCUT2D eigenvalue weighted by atomic mass is 79.9. The van der Waals surface area contributed by atoms with Crippen molar-refractivity contribution in [1.29, 1.82) is 0 Å². The normalized spacial score (nSPS) is 17.0. The van der Waals surface area contributed by atoms with Crippen LogP contribution in [0.25, 0.3) is 22.8 Å². The average molecular weight is 1330 g/mol. The van der Waals surface area contributed by atoms with Crippen molar-refractivity contribution in [1.82, 2.24) is 39.5 Å². The lowest BCUT2D eigenvalue weighted by Gasteiger charge is -2.32. The number of halogens is 11. The number of esters is 2. The van der Waals surface area contributed by atoms with Crippen LogP contribution in [0.2, 0.25) is 10.0 Å². The molecule has 2 unspecified atom stereocenters. The van der Waals surface area contributed by atoms with Crippen LogP contribution < -0.4 is 25.9 Å². The van der Waals surface area contributed by atoms with E-state index in [0.29, 0.717) is 53.0 Å². The van der Waals surface area contributed by atoms with Crippen LogP contribution >= 0.6 is 39.1 Å². The number of hydrogen-bond acceptors (Lipinski definition) is 16. The number of aromatic nitrogens is 8. The second-order valence-corrected chi connectivity index (χ2v) is 22.9. The molecule has 3 fully saturated rings. The maximum atomic E-state index is 13.6. The monoisotopic (exact) mass is 1330 g/mol. The summed E-state index contributed by atoms with van der Waals surface area (Å²) in [5, 5.41) is 12.6. The Kier molecular flexibility index (Phi) is 19.4. The molecule has 30 heteroatoms. The molecule has 0 spiro atoms. The predicted molar refractivity (Wildman–Crippen MR) is 318 cm³/mol. The van der Waals surface area contributed by atoms with Gasteiger partial charge in [0.05, 0.1) is 51.8 Å². The first-order valence-corrected chi connectivity index (χ1v) is 28.5. The largest absolute Gasteiger partial charge is 0.494 e. The summed E-state index contributed by atoms with van der Waals surface area (Å²) in [7, 11) is 2.44. The summed E-state index contributed by atoms with van der Waals surface area (Å²) >= 11 is 14.7. The van der Waals surface area contributed by atoms with Gasteiger partial charge in [-0.05, 0) is 140 Å². The van der Waals surface area contributed by atoms with Gasteiger partial charge in [0, 0.05) is 79.3 Å². The lowest BCUT2D eigenvalue weighted by Crippen LogP contribution is -2.41. The topological polar surface area (TPSA) is 189 Å². The molecule has 7 heterocycles. The van der Waals surface area contributed by atoms with Gasteiger partial charge in [0.15, 0.2) is 23.0 Å². The number of carbonyl (C=O) groups is 2. The zero-order valence-electron chi connectivity index (χ0n) is 47.6.